The predicted molar refractivity (Wildman–Crippen MR) is 54.7 cm³/mol. The lowest BCUT2D eigenvalue weighted by Crippen LogP contribution is -2.36. The maximum Gasteiger partial charge on any atom is 0.0921 e. The van der Waals surface area contributed by atoms with Gasteiger partial charge in [0.2, 0.25) is 0 Å². The molecule has 0 aliphatic heterocycles. The molecule has 2 atom stereocenters. The van der Waals surface area contributed by atoms with Gasteiger partial charge in [0.1, 0.15) is 0 Å². The highest BCUT2D eigenvalue weighted by atomic mass is 15.0. The van der Waals surface area contributed by atoms with Crippen molar-refractivity contribution in [2.24, 2.45) is 0 Å². The Morgan fingerprint density at radius 1 is 1.31 bits per heavy atom. The van der Waals surface area contributed by atoms with Crippen LogP contribution in [0.2, 0.25) is 0 Å². The quantitative estimate of drug-likeness (QED) is 0.745. The third-order valence-corrected chi connectivity index (χ3v) is 2.36. The molecule has 0 spiro atoms. The SMILES string of the molecule is CC(C)NC(C)C(C)c1cnc[nH]1. The van der Waals surface area contributed by atoms with Crippen LogP contribution in [0.15, 0.2) is 12.5 Å². The molecule has 0 aliphatic carbocycles. The van der Waals surface area contributed by atoms with Crippen LogP contribution in [0.25, 0.3) is 0 Å². The third kappa shape index (κ3) is 2.84. The van der Waals surface area contributed by atoms with Crippen LogP contribution in [-0.2, 0) is 0 Å². The van der Waals surface area contributed by atoms with Gasteiger partial charge in [0, 0.05) is 29.9 Å². The van der Waals surface area contributed by atoms with Crippen molar-refractivity contribution in [1.29, 1.82) is 0 Å². The normalized spacial score (nSPS) is 16.1. The van der Waals surface area contributed by atoms with Gasteiger partial charge in [0.25, 0.3) is 0 Å². The first-order valence-corrected chi connectivity index (χ1v) is 4.85. The van der Waals surface area contributed by atoms with Crippen molar-refractivity contribution in [2.45, 2.75) is 45.7 Å². The first-order chi connectivity index (χ1) is 6.11. The minimum absolute atomic E-state index is 0.473. The van der Waals surface area contributed by atoms with Gasteiger partial charge in [-0.1, -0.05) is 20.8 Å². The second-order valence-corrected chi connectivity index (χ2v) is 3.91. The molecule has 0 aromatic carbocycles. The molecule has 0 fully saturated rings. The Labute approximate surface area is 80.0 Å². The van der Waals surface area contributed by atoms with E-state index >= 15 is 0 Å². The van der Waals surface area contributed by atoms with Crippen molar-refractivity contribution >= 4 is 0 Å². The van der Waals surface area contributed by atoms with Crippen molar-refractivity contribution in [2.75, 3.05) is 0 Å². The van der Waals surface area contributed by atoms with E-state index in [1.807, 2.05) is 6.20 Å². The number of nitrogens with one attached hydrogen (secondary N) is 2. The van der Waals surface area contributed by atoms with E-state index in [0.29, 0.717) is 18.0 Å². The second kappa shape index (κ2) is 4.42. The fraction of sp³-hybridized carbons (Fsp3) is 0.700. The fourth-order valence-electron chi connectivity index (χ4n) is 1.46. The maximum absolute atomic E-state index is 4.02. The molecule has 3 heteroatoms. The molecular formula is C10H19N3. The van der Waals surface area contributed by atoms with E-state index in [1.54, 1.807) is 6.33 Å². The Morgan fingerprint density at radius 3 is 2.46 bits per heavy atom. The topological polar surface area (TPSA) is 40.7 Å². The largest absolute Gasteiger partial charge is 0.348 e. The summed E-state index contributed by atoms with van der Waals surface area (Å²) in [7, 11) is 0. The van der Waals surface area contributed by atoms with E-state index < -0.39 is 0 Å². The minimum atomic E-state index is 0.473. The summed E-state index contributed by atoms with van der Waals surface area (Å²) in [4.78, 5) is 7.16. The van der Waals surface area contributed by atoms with Gasteiger partial charge >= 0.3 is 0 Å². The smallest absolute Gasteiger partial charge is 0.0921 e. The fourth-order valence-corrected chi connectivity index (χ4v) is 1.46. The van der Waals surface area contributed by atoms with Gasteiger partial charge in [0.05, 0.1) is 6.33 Å². The van der Waals surface area contributed by atoms with Gasteiger partial charge < -0.3 is 10.3 Å². The Balaban J connectivity index is 2.52. The van der Waals surface area contributed by atoms with Gasteiger partial charge in [-0.25, -0.2) is 4.98 Å². The zero-order valence-electron chi connectivity index (χ0n) is 8.83. The first-order valence-electron chi connectivity index (χ1n) is 4.85. The van der Waals surface area contributed by atoms with Crippen LogP contribution in [0.5, 0.6) is 0 Å². The number of imidazole rings is 1. The summed E-state index contributed by atoms with van der Waals surface area (Å²) in [5.74, 6) is 0.477. The lowest BCUT2D eigenvalue weighted by molar-refractivity contribution is 0.435. The third-order valence-electron chi connectivity index (χ3n) is 2.36. The molecule has 13 heavy (non-hydrogen) atoms. The summed E-state index contributed by atoms with van der Waals surface area (Å²) in [5.41, 5.74) is 1.20. The highest BCUT2D eigenvalue weighted by Gasteiger charge is 2.15. The molecule has 74 valence electrons. The predicted octanol–water partition coefficient (Wildman–Crippen LogP) is 1.90. The van der Waals surface area contributed by atoms with Gasteiger partial charge in [-0.3, -0.25) is 0 Å². The molecular weight excluding hydrogens is 162 g/mol. The van der Waals surface area contributed by atoms with E-state index in [1.165, 1.54) is 5.69 Å². The van der Waals surface area contributed by atoms with Gasteiger partial charge in [-0.2, -0.15) is 0 Å². The van der Waals surface area contributed by atoms with Gasteiger partial charge in [-0.05, 0) is 6.92 Å². The number of H-pyrrole nitrogens is 1. The first kappa shape index (κ1) is 10.3. The molecule has 0 aliphatic rings. The summed E-state index contributed by atoms with van der Waals surface area (Å²) in [6, 6.07) is 1.00. The molecule has 1 aromatic rings. The molecule has 0 amide bonds. The summed E-state index contributed by atoms with van der Waals surface area (Å²) >= 11 is 0. The Kier molecular flexibility index (Phi) is 3.48. The van der Waals surface area contributed by atoms with Crippen molar-refractivity contribution in [3.05, 3.63) is 18.2 Å². The summed E-state index contributed by atoms with van der Waals surface area (Å²) in [6.45, 7) is 8.73. The number of rotatable bonds is 4. The monoisotopic (exact) mass is 181 g/mol. The van der Waals surface area contributed by atoms with E-state index in [9.17, 15) is 0 Å². The summed E-state index contributed by atoms with van der Waals surface area (Å²) < 4.78 is 0. The lowest BCUT2D eigenvalue weighted by Gasteiger charge is -2.22. The van der Waals surface area contributed by atoms with Crippen molar-refractivity contribution < 1.29 is 0 Å². The van der Waals surface area contributed by atoms with Crippen LogP contribution < -0.4 is 5.32 Å². The Bertz CT molecular complexity index is 228. The molecule has 0 saturated carbocycles. The highest BCUT2D eigenvalue weighted by Crippen LogP contribution is 2.15. The molecule has 0 bridgehead atoms. The number of hydrogen-bond acceptors (Lipinski definition) is 2. The summed E-state index contributed by atoms with van der Waals surface area (Å²) in [6.07, 6.45) is 3.62. The van der Waals surface area contributed by atoms with Gasteiger partial charge in [0.15, 0.2) is 0 Å². The van der Waals surface area contributed by atoms with E-state index in [-0.39, 0.29) is 0 Å². The molecule has 2 N–H and O–H groups in total. The van der Waals surface area contributed by atoms with E-state index in [0.717, 1.165) is 0 Å². The van der Waals surface area contributed by atoms with Crippen molar-refractivity contribution in [3.8, 4) is 0 Å². The zero-order valence-corrected chi connectivity index (χ0v) is 8.83. The van der Waals surface area contributed by atoms with Crippen molar-refractivity contribution in [3.63, 3.8) is 0 Å². The second-order valence-electron chi connectivity index (χ2n) is 3.91. The molecule has 1 rings (SSSR count). The molecule has 0 saturated heterocycles. The van der Waals surface area contributed by atoms with Crippen LogP contribution in [0.3, 0.4) is 0 Å². The minimum Gasteiger partial charge on any atom is -0.348 e. The average Bonchev–Trinajstić information content (AvgIpc) is 2.53. The maximum atomic E-state index is 4.02. The van der Waals surface area contributed by atoms with Crippen LogP contribution in [0.1, 0.15) is 39.3 Å². The molecule has 1 aromatic heterocycles. The van der Waals surface area contributed by atoms with E-state index in [2.05, 4.69) is 43.0 Å². The summed E-state index contributed by atoms with van der Waals surface area (Å²) in [5, 5.41) is 3.48. The van der Waals surface area contributed by atoms with Gasteiger partial charge in [-0.15, -0.1) is 0 Å². The van der Waals surface area contributed by atoms with E-state index in [4.69, 9.17) is 0 Å². The molecule has 1 heterocycles. The molecule has 0 radical (unpaired) electrons. The number of hydrogen-bond donors (Lipinski definition) is 2. The lowest BCUT2D eigenvalue weighted by atomic mass is 10.00. The number of aromatic amines is 1. The zero-order chi connectivity index (χ0) is 9.84. The number of aromatic nitrogens is 2. The molecule has 2 unspecified atom stereocenters. The standard InChI is InChI=1S/C10H19N3/c1-7(2)13-9(4)8(3)10-5-11-6-12-10/h5-9,13H,1-4H3,(H,11,12). The highest BCUT2D eigenvalue weighted by molar-refractivity contribution is 5.05. The Hall–Kier alpha value is -0.830. The van der Waals surface area contributed by atoms with Crippen LogP contribution in [0.4, 0.5) is 0 Å². The molecule has 3 nitrogen and oxygen atoms in total. The van der Waals surface area contributed by atoms with Crippen LogP contribution in [-0.4, -0.2) is 22.1 Å². The number of nitrogens with zero attached hydrogens (tertiary/aromatic N) is 1. The average molecular weight is 181 g/mol. The van der Waals surface area contributed by atoms with Crippen molar-refractivity contribution in [1.82, 2.24) is 15.3 Å². The Morgan fingerprint density at radius 2 is 2.00 bits per heavy atom. The van der Waals surface area contributed by atoms with Crippen LogP contribution in [0, 0.1) is 0 Å². The van der Waals surface area contributed by atoms with Crippen LogP contribution >= 0.6 is 0 Å².